The number of rotatable bonds is 6. The van der Waals surface area contributed by atoms with E-state index in [-0.39, 0.29) is 0 Å². The molecule has 0 saturated carbocycles. The monoisotopic (exact) mass is 258 g/mol. The molecule has 0 aromatic carbocycles. The third-order valence-electron chi connectivity index (χ3n) is 3.61. The second-order valence-corrected chi connectivity index (χ2v) is 5.00. The number of hydrogen-bond acceptors (Lipinski definition) is 2. The summed E-state index contributed by atoms with van der Waals surface area (Å²) in [6.45, 7) is 0. The molecule has 0 aliphatic heterocycles. The second kappa shape index (κ2) is 5.69. The maximum absolute atomic E-state index is 10.9. The smallest absolute Gasteiger partial charge is 0.207 e. The summed E-state index contributed by atoms with van der Waals surface area (Å²) >= 11 is 0. The van der Waals surface area contributed by atoms with E-state index in [4.69, 9.17) is 0 Å². The quantitative estimate of drug-likeness (QED) is 0.707. The van der Waals surface area contributed by atoms with E-state index < -0.39 is 11.1 Å². The van der Waals surface area contributed by atoms with Gasteiger partial charge in [0.2, 0.25) is 12.8 Å². The highest BCUT2D eigenvalue weighted by Gasteiger charge is 2.38. The molecule has 2 unspecified atom stereocenters. The number of hydrogen-bond donors (Lipinski definition) is 2. The van der Waals surface area contributed by atoms with Gasteiger partial charge in [0.15, 0.2) is 0 Å². The van der Waals surface area contributed by atoms with Crippen molar-refractivity contribution in [2.24, 2.45) is 0 Å². The number of allylic oxidation sites excluding steroid dienone is 4. The minimum Gasteiger partial charge on any atom is -0.349 e. The van der Waals surface area contributed by atoms with E-state index in [0.29, 0.717) is 6.42 Å². The topological polar surface area (TPSA) is 58.2 Å². The van der Waals surface area contributed by atoms with Crippen LogP contribution < -0.4 is 10.6 Å². The molecular weight excluding hydrogens is 240 g/mol. The molecule has 19 heavy (non-hydrogen) atoms. The van der Waals surface area contributed by atoms with Crippen molar-refractivity contribution in [2.45, 2.75) is 30.3 Å². The number of carbonyl (C=O) groups excluding carboxylic acids is 2. The highest BCUT2D eigenvalue weighted by atomic mass is 16.1. The summed E-state index contributed by atoms with van der Waals surface area (Å²) in [5.41, 5.74) is -0.885. The Balaban J connectivity index is 2.23. The van der Waals surface area contributed by atoms with Crippen LogP contribution in [0.1, 0.15) is 19.3 Å². The molecule has 4 nitrogen and oxygen atoms in total. The summed E-state index contributed by atoms with van der Waals surface area (Å²) in [7, 11) is 0. The molecule has 2 N–H and O–H groups in total. The zero-order valence-electron chi connectivity index (χ0n) is 10.7. The minimum absolute atomic E-state index is 0.442. The van der Waals surface area contributed by atoms with Gasteiger partial charge in [0.25, 0.3) is 0 Å². The summed E-state index contributed by atoms with van der Waals surface area (Å²) < 4.78 is 0. The molecule has 4 heteroatoms. The van der Waals surface area contributed by atoms with E-state index in [1.165, 1.54) is 0 Å². The maximum atomic E-state index is 10.9. The zero-order chi connectivity index (χ0) is 13.6. The van der Waals surface area contributed by atoms with Crippen LogP contribution >= 0.6 is 0 Å². The average molecular weight is 258 g/mol. The Kier molecular flexibility index (Phi) is 4.00. The van der Waals surface area contributed by atoms with E-state index in [9.17, 15) is 9.59 Å². The second-order valence-electron chi connectivity index (χ2n) is 5.00. The molecule has 2 atom stereocenters. The SMILES string of the molecule is O=CNC1(CC2(NC=O)C=CC=CC2)C=CC=CC1. The van der Waals surface area contributed by atoms with Crippen LogP contribution in [0, 0.1) is 0 Å². The van der Waals surface area contributed by atoms with Gasteiger partial charge < -0.3 is 10.6 Å². The molecular formula is C15H18N2O2. The Bertz CT molecular complexity index is 415. The predicted molar refractivity (Wildman–Crippen MR) is 74.3 cm³/mol. The lowest BCUT2D eigenvalue weighted by molar-refractivity contribution is -0.111. The normalized spacial score (nSPS) is 32.0. The first kappa shape index (κ1) is 13.3. The highest BCUT2D eigenvalue weighted by molar-refractivity contribution is 5.52. The molecule has 0 radical (unpaired) electrons. The van der Waals surface area contributed by atoms with Crippen LogP contribution in [-0.4, -0.2) is 23.9 Å². The van der Waals surface area contributed by atoms with Crippen LogP contribution in [0.5, 0.6) is 0 Å². The largest absolute Gasteiger partial charge is 0.349 e. The number of amides is 2. The van der Waals surface area contributed by atoms with Gasteiger partial charge in [0.1, 0.15) is 0 Å². The molecule has 0 aromatic rings. The van der Waals surface area contributed by atoms with E-state index in [1.807, 2.05) is 48.6 Å². The molecule has 2 rings (SSSR count). The fraction of sp³-hybridized carbons (Fsp3) is 0.333. The van der Waals surface area contributed by atoms with Crippen LogP contribution in [0.15, 0.2) is 48.6 Å². The molecule has 0 aromatic heterocycles. The van der Waals surface area contributed by atoms with Crippen LogP contribution in [0.2, 0.25) is 0 Å². The van der Waals surface area contributed by atoms with Gasteiger partial charge in [-0.05, 0) is 12.8 Å². The summed E-state index contributed by atoms with van der Waals surface area (Å²) in [6, 6.07) is 0. The van der Waals surface area contributed by atoms with Gasteiger partial charge in [-0.1, -0.05) is 48.6 Å². The average Bonchev–Trinajstić information content (AvgIpc) is 2.41. The van der Waals surface area contributed by atoms with E-state index in [0.717, 1.165) is 25.7 Å². The fourth-order valence-corrected chi connectivity index (χ4v) is 2.71. The van der Waals surface area contributed by atoms with Gasteiger partial charge in [-0.3, -0.25) is 9.59 Å². The molecule has 2 aliphatic carbocycles. The fourth-order valence-electron chi connectivity index (χ4n) is 2.71. The third kappa shape index (κ3) is 3.02. The van der Waals surface area contributed by atoms with Crippen molar-refractivity contribution in [3.8, 4) is 0 Å². The maximum Gasteiger partial charge on any atom is 0.207 e. The van der Waals surface area contributed by atoms with Crippen LogP contribution in [-0.2, 0) is 9.59 Å². The van der Waals surface area contributed by atoms with Gasteiger partial charge in [-0.2, -0.15) is 0 Å². The summed E-state index contributed by atoms with van der Waals surface area (Å²) in [6.07, 6.45) is 19.3. The van der Waals surface area contributed by atoms with E-state index in [2.05, 4.69) is 10.6 Å². The number of nitrogens with one attached hydrogen (secondary N) is 2. The molecule has 100 valence electrons. The summed E-state index contributed by atoms with van der Waals surface area (Å²) in [4.78, 5) is 21.8. The molecule has 0 saturated heterocycles. The van der Waals surface area contributed by atoms with Crippen molar-refractivity contribution in [1.82, 2.24) is 10.6 Å². The lowest BCUT2D eigenvalue weighted by Crippen LogP contribution is -2.54. The highest BCUT2D eigenvalue weighted by Crippen LogP contribution is 2.32. The molecule has 0 fully saturated rings. The van der Waals surface area contributed by atoms with Gasteiger partial charge in [0, 0.05) is 6.42 Å². The van der Waals surface area contributed by atoms with Crippen LogP contribution in [0.4, 0.5) is 0 Å². The van der Waals surface area contributed by atoms with Crippen molar-refractivity contribution in [2.75, 3.05) is 0 Å². The summed E-state index contributed by atoms with van der Waals surface area (Å²) in [5.74, 6) is 0. The van der Waals surface area contributed by atoms with Gasteiger partial charge in [0.05, 0.1) is 11.1 Å². The molecule has 2 amide bonds. The first-order valence-electron chi connectivity index (χ1n) is 6.36. The molecule has 2 aliphatic rings. The van der Waals surface area contributed by atoms with Crippen molar-refractivity contribution < 1.29 is 9.59 Å². The predicted octanol–water partition coefficient (Wildman–Crippen LogP) is 1.38. The molecule has 0 bridgehead atoms. The van der Waals surface area contributed by atoms with E-state index >= 15 is 0 Å². The first-order chi connectivity index (χ1) is 9.24. The zero-order valence-corrected chi connectivity index (χ0v) is 10.7. The lowest BCUT2D eigenvalue weighted by atomic mass is 9.75. The van der Waals surface area contributed by atoms with Crippen LogP contribution in [0.3, 0.4) is 0 Å². The third-order valence-corrected chi connectivity index (χ3v) is 3.61. The Hall–Kier alpha value is -2.10. The van der Waals surface area contributed by atoms with Gasteiger partial charge >= 0.3 is 0 Å². The van der Waals surface area contributed by atoms with Crippen LogP contribution in [0.25, 0.3) is 0 Å². The van der Waals surface area contributed by atoms with E-state index in [1.54, 1.807) is 0 Å². The lowest BCUT2D eigenvalue weighted by Gasteiger charge is -2.41. The van der Waals surface area contributed by atoms with Crippen molar-refractivity contribution in [3.63, 3.8) is 0 Å². The Morgan fingerprint density at radius 3 is 1.63 bits per heavy atom. The standard InChI is InChI=1S/C15H18N2O2/c18-12-16-14(7-3-1-4-8-14)11-15(17-13-19)9-5-2-6-10-15/h1-7,9,12-13H,8,10-11H2,(H,16,18)(H,17,19). The summed E-state index contributed by atoms with van der Waals surface area (Å²) in [5, 5.41) is 5.79. The Morgan fingerprint density at radius 1 is 0.842 bits per heavy atom. The van der Waals surface area contributed by atoms with Crippen molar-refractivity contribution in [1.29, 1.82) is 0 Å². The van der Waals surface area contributed by atoms with Crippen molar-refractivity contribution in [3.05, 3.63) is 48.6 Å². The first-order valence-corrected chi connectivity index (χ1v) is 6.36. The minimum atomic E-state index is -0.442. The molecule has 0 heterocycles. The Labute approximate surface area is 113 Å². The van der Waals surface area contributed by atoms with Gasteiger partial charge in [-0.25, -0.2) is 0 Å². The van der Waals surface area contributed by atoms with Crippen molar-refractivity contribution >= 4 is 12.8 Å². The number of carbonyl (C=O) groups is 2. The van der Waals surface area contributed by atoms with Gasteiger partial charge in [-0.15, -0.1) is 0 Å². The molecule has 0 spiro atoms. The Morgan fingerprint density at radius 2 is 1.32 bits per heavy atom.